The number of anilines is 1. The summed E-state index contributed by atoms with van der Waals surface area (Å²) in [6, 6.07) is 0. The van der Waals surface area contributed by atoms with Crippen molar-refractivity contribution in [3.05, 3.63) is 11.3 Å². The standard InChI is InChI=1S/C13H20N2O/c1-2-11-12(15-16-13(11)14)7-10-6-8-3-4-9(10)5-8/h8-10H,2-7,14H2,1H3. The quantitative estimate of drug-likeness (QED) is 0.852. The molecule has 0 spiro atoms. The highest BCUT2D eigenvalue weighted by atomic mass is 16.5. The zero-order valence-corrected chi connectivity index (χ0v) is 9.91. The van der Waals surface area contributed by atoms with Crippen LogP contribution in [0.25, 0.3) is 0 Å². The van der Waals surface area contributed by atoms with Gasteiger partial charge in [0, 0.05) is 5.56 Å². The molecular formula is C13H20N2O. The Labute approximate surface area is 96.4 Å². The van der Waals surface area contributed by atoms with Crippen LogP contribution in [0.3, 0.4) is 0 Å². The summed E-state index contributed by atoms with van der Waals surface area (Å²) in [6.07, 6.45) is 7.78. The van der Waals surface area contributed by atoms with Gasteiger partial charge in [-0.1, -0.05) is 18.5 Å². The van der Waals surface area contributed by atoms with E-state index in [0.29, 0.717) is 5.88 Å². The summed E-state index contributed by atoms with van der Waals surface area (Å²) < 4.78 is 5.10. The van der Waals surface area contributed by atoms with Crippen molar-refractivity contribution in [3.8, 4) is 0 Å². The van der Waals surface area contributed by atoms with Gasteiger partial charge in [-0.2, -0.15) is 0 Å². The van der Waals surface area contributed by atoms with Crippen LogP contribution >= 0.6 is 0 Å². The van der Waals surface area contributed by atoms with Crippen LogP contribution in [0.15, 0.2) is 4.52 Å². The van der Waals surface area contributed by atoms with Crippen molar-refractivity contribution in [1.82, 2.24) is 5.16 Å². The van der Waals surface area contributed by atoms with Crippen molar-refractivity contribution in [3.63, 3.8) is 0 Å². The predicted octanol–water partition coefficient (Wildman–Crippen LogP) is 2.80. The molecule has 2 bridgehead atoms. The summed E-state index contributed by atoms with van der Waals surface area (Å²) in [5.41, 5.74) is 8.04. The van der Waals surface area contributed by atoms with Crippen molar-refractivity contribution in [2.45, 2.75) is 45.4 Å². The maximum atomic E-state index is 5.77. The zero-order valence-electron chi connectivity index (χ0n) is 9.91. The molecule has 88 valence electrons. The summed E-state index contributed by atoms with van der Waals surface area (Å²) in [5.74, 6) is 3.33. The molecule has 1 aromatic heterocycles. The van der Waals surface area contributed by atoms with Gasteiger partial charge in [0.25, 0.3) is 0 Å². The molecule has 2 N–H and O–H groups in total. The molecule has 0 amide bonds. The lowest BCUT2D eigenvalue weighted by Crippen LogP contribution is -2.14. The van der Waals surface area contributed by atoms with Gasteiger partial charge in [-0.05, 0) is 49.9 Å². The van der Waals surface area contributed by atoms with Crippen molar-refractivity contribution in [1.29, 1.82) is 0 Å². The molecule has 3 atom stereocenters. The molecule has 2 aliphatic carbocycles. The van der Waals surface area contributed by atoms with Crippen LogP contribution in [-0.4, -0.2) is 5.16 Å². The van der Waals surface area contributed by atoms with E-state index in [2.05, 4.69) is 12.1 Å². The highest BCUT2D eigenvalue weighted by molar-refractivity contribution is 5.39. The Hall–Kier alpha value is -0.990. The van der Waals surface area contributed by atoms with Gasteiger partial charge in [0.2, 0.25) is 5.88 Å². The Balaban J connectivity index is 1.74. The summed E-state index contributed by atoms with van der Waals surface area (Å²) in [5, 5.41) is 4.13. The molecule has 3 nitrogen and oxygen atoms in total. The minimum Gasteiger partial charge on any atom is -0.367 e. The number of hydrogen-bond acceptors (Lipinski definition) is 3. The monoisotopic (exact) mass is 220 g/mol. The maximum absolute atomic E-state index is 5.77. The normalized spacial score (nSPS) is 32.4. The fourth-order valence-corrected chi connectivity index (χ4v) is 3.77. The number of nitrogen functional groups attached to an aromatic ring is 1. The SMILES string of the molecule is CCc1c(CC2CC3CCC2C3)noc1N. The second-order valence-electron chi connectivity index (χ2n) is 5.46. The van der Waals surface area contributed by atoms with E-state index in [1.54, 1.807) is 0 Å². The van der Waals surface area contributed by atoms with Gasteiger partial charge in [0.15, 0.2) is 0 Å². The Bertz CT molecular complexity index is 385. The van der Waals surface area contributed by atoms with Gasteiger partial charge in [0.1, 0.15) is 0 Å². The summed E-state index contributed by atoms with van der Waals surface area (Å²) in [7, 11) is 0. The average Bonchev–Trinajstić information content (AvgIpc) is 2.94. The number of rotatable bonds is 3. The lowest BCUT2D eigenvalue weighted by Gasteiger charge is -2.20. The second-order valence-corrected chi connectivity index (χ2v) is 5.46. The van der Waals surface area contributed by atoms with Crippen LogP contribution in [0.4, 0.5) is 5.88 Å². The molecule has 1 aromatic rings. The molecular weight excluding hydrogens is 200 g/mol. The molecule has 2 fully saturated rings. The van der Waals surface area contributed by atoms with Crippen molar-refractivity contribution < 1.29 is 4.52 Å². The third kappa shape index (κ3) is 1.53. The number of hydrogen-bond donors (Lipinski definition) is 1. The lowest BCUT2D eigenvalue weighted by atomic mass is 9.85. The van der Waals surface area contributed by atoms with Crippen LogP contribution in [0, 0.1) is 17.8 Å². The van der Waals surface area contributed by atoms with Gasteiger partial charge in [-0.15, -0.1) is 0 Å². The Morgan fingerprint density at radius 3 is 2.88 bits per heavy atom. The molecule has 3 unspecified atom stereocenters. The Morgan fingerprint density at radius 2 is 2.25 bits per heavy atom. The first-order valence-corrected chi connectivity index (χ1v) is 6.50. The van der Waals surface area contributed by atoms with Crippen LogP contribution in [-0.2, 0) is 12.8 Å². The first kappa shape index (κ1) is 10.2. The van der Waals surface area contributed by atoms with E-state index >= 15 is 0 Å². The van der Waals surface area contributed by atoms with Gasteiger partial charge in [-0.3, -0.25) is 0 Å². The molecule has 3 rings (SSSR count). The first-order valence-electron chi connectivity index (χ1n) is 6.50. The number of nitrogens with zero attached hydrogens (tertiary/aromatic N) is 1. The van der Waals surface area contributed by atoms with Gasteiger partial charge in [-0.25, -0.2) is 0 Å². The fraction of sp³-hybridized carbons (Fsp3) is 0.769. The maximum Gasteiger partial charge on any atom is 0.225 e. The van der Waals surface area contributed by atoms with E-state index in [1.807, 2.05) is 0 Å². The summed E-state index contributed by atoms with van der Waals surface area (Å²) in [4.78, 5) is 0. The fourth-order valence-electron chi connectivity index (χ4n) is 3.77. The third-order valence-corrected chi connectivity index (χ3v) is 4.59. The van der Waals surface area contributed by atoms with E-state index in [1.165, 1.54) is 25.7 Å². The lowest BCUT2D eigenvalue weighted by molar-refractivity contribution is 0.322. The van der Waals surface area contributed by atoms with E-state index in [-0.39, 0.29) is 0 Å². The smallest absolute Gasteiger partial charge is 0.225 e. The molecule has 16 heavy (non-hydrogen) atoms. The minimum absolute atomic E-state index is 0.528. The molecule has 3 heteroatoms. The molecule has 0 aromatic carbocycles. The van der Waals surface area contributed by atoms with E-state index in [9.17, 15) is 0 Å². The number of nitrogens with two attached hydrogens (primary N) is 1. The van der Waals surface area contributed by atoms with Gasteiger partial charge >= 0.3 is 0 Å². The van der Waals surface area contributed by atoms with Crippen LogP contribution in [0.5, 0.6) is 0 Å². The second kappa shape index (κ2) is 3.79. The Morgan fingerprint density at radius 1 is 1.38 bits per heavy atom. The highest BCUT2D eigenvalue weighted by Gasteiger charge is 2.39. The van der Waals surface area contributed by atoms with Crippen molar-refractivity contribution in [2.75, 3.05) is 5.73 Å². The predicted molar refractivity (Wildman–Crippen MR) is 62.9 cm³/mol. The van der Waals surface area contributed by atoms with E-state index in [0.717, 1.165) is 41.9 Å². The van der Waals surface area contributed by atoms with E-state index in [4.69, 9.17) is 10.3 Å². The number of fused-ring (bicyclic) bond motifs is 2. The van der Waals surface area contributed by atoms with Crippen molar-refractivity contribution in [2.24, 2.45) is 17.8 Å². The summed E-state index contributed by atoms with van der Waals surface area (Å²) >= 11 is 0. The van der Waals surface area contributed by atoms with Crippen LogP contribution < -0.4 is 5.73 Å². The molecule has 2 saturated carbocycles. The topological polar surface area (TPSA) is 52.0 Å². The zero-order chi connectivity index (χ0) is 11.1. The van der Waals surface area contributed by atoms with Gasteiger partial charge in [0.05, 0.1) is 5.69 Å². The number of aromatic nitrogens is 1. The van der Waals surface area contributed by atoms with Crippen molar-refractivity contribution >= 4 is 5.88 Å². The molecule has 0 saturated heterocycles. The molecule has 1 heterocycles. The third-order valence-electron chi connectivity index (χ3n) is 4.59. The minimum atomic E-state index is 0.528. The molecule has 2 aliphatic rings. The largest absolute Gasteiger partial charge is 0.367 e. The Kier molecular flexibility index (Phi) is 2.41. The average molecular weight is 220 g/mol. The van der Waals surface area contributed by atoms with Gasteiger partial charge < -0.3 is 10.3 Å². The first-order chi connectivity index (χ1) is 7.78. The summed E-state index contributed by atoms with van der Waals surface area (Å²) in [6.45, 7) is 2.12. The highest BCUT2D eigenvalue weighted by Crippen LogP contribution is 2.49. The van der Waals surface area contributed by atoms with Crippen LogP contribution in [0.1, 0.15) is 43.9 Å². The molecule has 0 aliphatic heterocycles. The van der Waals surface area contributed by atoms with E-state index < -0.39 is 0 Å². The molecule has 0 radical (unpaired) electrons. The van der Waals surface area contributed by atoms with Crippen LogP contribution in [0.2, 0.25) is 0 Å².